The molecule has 0 unspecified atom stereocenters. The van der Waals surface area contributed by atoms with Crippen LogP contribution < -0.4 is 15.8 Å². The molecule has 4 aromatic rings. The number of nitrogen functional groups attached to an aromatic ring is 1. The number of ether oxygens (including phenoxy) is 1. The summed E-state index contributed by atoms with van der Waals surface area (Å²) in [6.45, 7) is 0.413. The molecule has 0 atom stereocenters. The molecule has 154 valence electrons. The number of para-hydroxylation sites is 1. The number of benzene rings is 1. The normalized spacial score (nSPS) is 10.5. The average Bonchev–Trinajstić information content (AvgIpc) is 2.82. The van der Waals surface area contributed by atoms with Crippen LogP contribution in [0.25, 0.3) is 11.5 Å². The van der Waals surface area contributed by atoms with Crippen LogP contribution in [0.2, 0.25) is 0 Å². The van der Waals surface area contributed by atoms with E-state index in [-0.39, 0.29) is 23.1 Å². The molecule has 0 saturated heterocycles. The molecule has 3 aromatic heterocycles. The van der Waals surface area contributed by atoms with Crippen molar-refractivity contribution < 1.29 is 9.53 Å². The lowest BCUT2D eigenvalue weighted by Gasteiger charge is -2.14. The molecule has 1 aromatic carbocycles. The van der Waals surface area contributed by atoms with Crippen molar-refractivity contribution in [3.05, 3.63) is 90.5 Å². The summed E-state index contributed by atoms with van der Waals surface area (Å²) in [5.74, 6) is 0.518. The molecule has 0 saturated carbocycles. The van der Waals surface area contributed by atoms with Crippen LogP contribution in [-0.4, -0.2) is 32.4 Å². The molecular weight excluding hydrogens is 392 g/mol. The van der Waals surface area contributed by atoms with Crippen molar-refractivity contribution >= 4 is 11.7 Å². The number of nitrogens with two attached hydrogens (primary N) is 1. The standard InChI is InChI=1S/C23H20N6O2/c24-21-20(31-17-6-2-1-3-7-17)19(28-22(29-21)18-8-4-5-12-26-18)23(30)27-15-11-16-9-13-25-14-10-16/h1-10,12-14H,11,15H2,(H,27,30)(H2,24,28,29). The fourth-order valence-electron chi connectivity index (χ4n) is 2.89. The number of hydrogen-bond donors (Lipinski definition) is 2. The number of nitrogens with zero attached hydrogens (tertiary/aromatic N) is 4. The molecule has 8 nitrogen and oxygen atoms in total. The van der Waals surface area contributed by atoms with Crippen molar-refractivity contribution in [2.45, 2.75) is 6.42 Å². The average molecular weight is 412 g/mol. The van der Waals surface area contributed by atoms with E-state index >= 15 is 0 Å². The lowest BCUT2D eigenvalue weighted by Crippen LogP contribution is -2.27. The third-order valence-corrected chi connectivity index (χ3v) is 4.41. The van der Waals surface area contributed by atoms with Gasteiger partial charge in [-0.15, -0.1) is 0 Å². The van der Waals surface area contributed by atoms with Crippen molar-refractivity contribution in [1.29, 1.82) is 0 Å². The zero-order valence-corrected chi connectivity index (χ0v) is 16.6. The van der Waals surface area contributed by atoms with Crippen LogP contribution in [0.15, 0.2) is 79.3 Å². The lowest BCUT2D eigenvalue weighted by molar-refractivity contribution is 0.0946. The van der Waals surface area contributed by atoms with Gasteiger partial charge in [0.25, 0.3) is 5.91 Å². The quantitative estimate of drug-likeness (QED) is 0.478. The van der Waals surface area contributed by atoms with Gasteiger partial charge in [-0.2, -0.15) is 0 Å². The Morgan fingerprint density at radius 2 is 1.71 bits per heavy atom. The van der Waals surface area contributed by atoms with E-state index in [0.29, 0.717) is 24.4 Å². The first-order valence-corrected chi connectivity index (χ1v) is 9.69. The van der Waals surface area contributed by atoms with Crippen molar-refractivity contribution in [2.75, 3.05) is 12.3 Å². The molecule has 8 heteroatoms. The van der Waals surface area contributed by atoms with Gasteiger partial charge in [-0.1, -0.05) is 24.3 Å². The number of rotatable bonds is 7. The molecule has 1 amide bonds. The first-order chi connectivity index (χ1) is 15.2. The first kappa shape index (κ1) is 20.0. The van der Waals surface area contributed by atoms with E-state index in [1.807, 2.05) is 36.4 Å². The van der Waals surface area contributed by atoms with E-state index in [1.54, 1.807) is 42.9 Å². The SMILES string of the molecule is Nc1nc(-c2ccccn2)nc(C(=O)NCCc2ccncc2)c1Oc1ccccc1. The minimum atomic E-state index is -0.411. The second-order valence-electron chi connectivity index (χ2n) is 6.60. The van der Waals surface area contributed by atoms with E-state index in [4.69, 9.17) is 10.5 Å². The Labute approximate surface area is 179 Å². The van der Waals surface area contributed by atoms with E-state index in [0.717, 1.165) is 5.56 Å². The summed E-state index contributed by atoms with van der Waals surface area (Å²) in [7, 11) is 0. The number of amides is 1. The maximum absolute atomic E-state index is 13.0. The Hall–Kier alpha value is -4.33. The smallest absolute Gasteiger partial charge is 0.274 e. The minimum Gasteiger partial charge on any atom is -0.451 e. The summed E-state index contributed by atoms with van der Waals surface area (Å²) in [6, 6.07) is 18.2. The highest BCUT2D eigenvalue weighted by Crippen LogP contribution is 2.31. The van der Waals surface area contributed by atoms with Crippen molar-refractivity contribution in [3.63, 3.8) is 0 Å². The van der Waals surface area contributed by atoms with Gasteiger partial charge in [-0.3, -0.25) is 14.8 Å². The van der Waals surface area contributed by atoms with Gasteiger partial charge in [0.15, 0.2) is 17.3 Å². The van der Waals surface area contributed by atoms with Gasteiger partial charge in [0.1, 0.15) is 11.4 Å². The molecule has 0 aliphatic heterocycles. The number of carbonyl (C=O) groups is 1. The molecule has 0 bridgehead atoms. The second kappa shape index (κ2) is 9.45. The monoisotopic (exact) mass is 412 g/mol. The number of carbonyl (C=O) groups excluding carboxylic acids is 1. The Balaban J connectivity index is 1.63. The van der Waals surface area contributed by atoms with Crippen LogP contribution in [0.3, 0.4) is 0 Å². The Kier molecular flexibility index (Phi) is 6.08. The summed E-state index contributed by atoms with van der Waals surface area (Å²) in [5.41, 5.74) is 7.79. The molecule has 0 aliphatic rings. The number of pyridine rings is 2. The Morgan fingerprint density at radius 1 is 0.935 bits per heavy atom. The van der Waals surface area contributed by atoms with Crippen LogP contribution in [0.1, 0.15) is 16.1 Å². The van der Waals surface area contributed by atoms with E-state index in [9.17, 15) is 4.79 Å². The Morgan fingerprint density at radius 3 is 2.45 bits per heavy atom. The van der Waals surface area contributed by atoms with E-state index < -0.39 is 5.91 Å². The second-order valence-corrected chi connectivity index (χ2v) is 6.60. The van der Waals surface area contributed by atoms with Gasteiger partial charge < -0.3 is 15.8 Å². The fourth-order valence-corrected chi connectivity index (χ4v) is 2.89. The summed E-state index contributed by atoms with van der Waals surface area (Å²) < 4.78 is 5.88. The van der Waals surface area contributed by atoms with E-state index in [2.05, 4.69) is 25.3 Å². The molecule has 4 rings (SSSR count). The van der Waals surface area contributed by atoms with Gasteiger partial charge in [-0.25, -0.2) is 9.97 Å². The third kappa shape index (κ3) is 4.99. The van der Waals surface area contributed by atoms with Gasteiger partial charge >= 0.3 is 0 Å². The molecule has 0 aliphatic carbocycles. The summed E-state index contributed by atoms with van der Waals surface area (Å²) in [6.07, 6.45) is 5.70. The zero-order valence-electron chi connectivity index (χ0n) is 16.6. The predicted molar refractivity (Wildman–Crippen MR) is 116 cm³/mol. The summed E-state index contributed by atoms with van der Waals surface area (Å²) in [5, 5.41) is 2.87. The van der Waals surface area contributed by atoms with Gasteiger partial charge in [0, 0.05) is 25.1 Å². The van der Waals surface area contributed by atoms with Crippen LogP contribution >= 0.6 is 0 Å². The third-order valence-electron chi connectivity index (χ3n) is 4.41. The van der Waals surface area contributed by atoms with Crippen LogP contribution in [0.4, 0.5) is 5.82 Å². The highest BCUT2D eigenvalue weighted by molar-refractivity contribution is 5.97. The molecule has 0 fully saturated rings. The van der Waals surface area contributed by atoms with Crippen molar-refractivity contribution in [3.8, 4) is 23.0 Å². The summed E-state index contributed by atoms with van der Waals surface area (Å²) >= 11 is 0. The van der Waals surface area contributed by atoms with Gasteiger partial charge in [-0.05, 0) is 48.4 Å². The van der Waals surface area contributed by atoms with Gasteiger partial charge in [0.2, 0.25) is 5.75 Å². The van der Waals surface area contributed by atoms with Crippen LogP contribution in [-0.2, 0) is 6.42 Å². The molecule has 3 heterocycles. The number of hydrogen-bond acceptors (Lipinski definition) is 7. The molecule has 31 heavy (non-hydrogen) atoms. The Bertz CT molecular complexity index is 1150. The maximum atomic E-state index is 13.0. The highest BCUT2D eigenvalue weighted by Gasteiger charge is 2.22. The highest BCUT2D eigenvalue weighted by atomic mass is 16.5. The molecule has 0 spiro atoms. The number of aromatic nitrogens is 4. The molecule has 3 N–H and O–H groups in total. The minimum absolute atomic E-state index is 0.0479. The largest absolute Gasteiger partial charge is 0.451 e. The van der Waals surface area contributed by atoms with Crippen molar-refractivity contribution in [2.24, 2.45) is 0 Å². The fraction of sp³-hybridized carbons (Fsp3) is 0.0870. The molecule has 0 radical (unpaired) electrons. The number of nitrogens with one attached hydrogen (secondary N) is 1. The van der Waals surface area contributed by atoms with Crippen LogP contribution in [0.5, 0.6) is 11.5 Å². The summed E-state index contributed by atoms with van der Waals surface area (Å²) in [4.78, 5) is 30.0. The topological polar surface area (TPSA) is 116 Å². The predicted octanol–water partition coefficient (Wildman–Crippen LogP) is 3.28. The zero-order chi connectivity index (χ0) is 21.5. The van der Waals surface area contributed by atoms with E-state index in [1.165, 1.54) is 0 Å². The lowest BCUT2D eigenvalue weighted by atomic mass is 10.2. The molecular formula is C23H20N6O2. The van der Waals surface area contributed by atoms with Crippen LogP contribution in [0, 0.1) is 0 Å². The maximum Gasteiger partial charge on any atom is 0.274 e. The van der Waals surface area contributed by atoms with Crippen molar-refractivity contribution in [1.82, 2.24) is 25.3 Å². The number of anilines is 1. The first-order valence-electron chi connectivity index (χ1n) is 9.69. The van der Waals surface area contributed by atoms with Gasteiger partial charge in [0.05, 0.1) is 0 Å².